The number of aromatic nitrogens is 1. The molecule has 0 saturated heterocycles. The average molecular weight is 462 g/mol. The van der Waals surface area contributed by atoms with Gasteiger partial charge in [-0.25, -0.2) is 13.6 Å². The molecule has 2 rings (SSSR count). The number of hydrogen-bond acceptors (Lipinski definition) is 5. The number of carbonyl (C=O) groups excluding carboxylic acids is 3. The van der Waals surface area contributed by atoms with Gasteiger partial charge in [-0.15, -0.1) is 0 Å². The number of ether oxygens (including phenoxy) is 1. The Labute approximate surface area is 191 Å². The van der Waals surface area contributed by atoms with Gasteiger partial charge < -0.3 is 20.3 Å². The zero-order valence-corrected chi connectivity index (χ0v) is 18.9. The Morgan fingerprint density at radius 3 is 2.52 bits per heavy atom. The molecule has 8 nitrogen and oxygen atoms in total. The Morgan fingerprint density at radius 2 is 1.88 bits per heavy atom. The third-order valence-corrected chi connectivity index (χ3v) is 4.26. The topological polar surface area (TPSA) is 101 Å². The zero-order valence-electron chi connectivity index (χ0n) is 18.9. The molecule has 1 aromatic heterocycles. The number of nitrogens with one attached hydrogen (secondary N) is 2. The normalized spacial score (nSPS) is 10.9. The quantitative estimate of drug-likeness (QED) is 0.558. The lowest BCUT2D eigenvalue weighted by Crippen LogP contribution is -2.40. The number of rotatable bonds is 9. The summed E-state index contributed by atoms with van der Waals surface area (Å²) in [6.45, 7) is 5.82. The second-order valence-electron chi connectivity index (χ2n) is 8.27. The Hall–Kier alpha value is -3.56. The minimum Gasteiger partial charge on any atom is -0.444 e. The molecule has 0 atom stereocenters. The fraction of sp³-hybridized carbons (Fsp3) is 0.391. The van der Waals surface area contributed by atoms with E-state index in [0.29, 0.717) is 25.6 Å². The molecule has 10 heteroatoms. The predicted octanol–water partition coefficient (Wildman–Crippen LogP) is 3.03. The Kier molecular flexibility index (Phi) is 9.26. The van der Waals surface area contributed by atoms with Gasteiger partial charge in [0.05, 0.1) is 18.7 Å². The second kappa shape index (κ2) is 11.9. The number of pyridine rings is 1. The summed E-state index contributed by atoms with van der Waals surface area (Å²) in [4.78, 5) is 42.0. The lowest BCUT2D eigenvalue weighted by Gasteiger charge is -2.27. The fourth-order valence-electron chi connectivity index (χ4n) is 2.76. The number of hydrogen-bond donors (Lipinski definition) is 2. The van der Waals surface area contributed by atoms with Crippen LogP contribution in [0.2, 0.25) is 0 Å². The van der Waals surface area contributed by atoms with Crippen LogP contribution in [0.15, 0.2) is 42.7 Å². The summed E-state index contributed by atoms with van der Waals surface area (Å²) in [6.07, 6.45) is 3.25. The largest absolute Gasteiger partial charge is 0.444 e. The summed E-state index contributed by atoms with van der Waals surface area (Å²) in [6, 6.07) is 6.18. The van der Waals surface area contributed by atoms with E-state index in [-0.39, 0.29) is 18.7 Å². The molecule has 1 heterocycles. The molecule has 0 fully saturated rings. The SMILES string of the molecule is CC(C)(C)OC(=O)N(CCCNC(=O)CNC(=O)c1ccc(F)cc1F)Cc1cccnc1. The van der Waals surface area contributed by atoms with E-state index < -0.39 is 35.1 Å². The highest BCUT2D eigenvalue weighted by atomic mass is 19.1. The zero-order chi connectivity index (χ0) is 24.4. The Balaban J connectivity index is 1.80. The highest BCUT2D eigenvalue weighted by Crippen LogP contribution is 2.13. The summed E-state index contributed by atoms with van der Waals surface area (Å²) in [5, 5.41) is 4.90. The molecule has 0 saturated carbocycles. The second-order valence-corrected chi connectivity index (χ2v) is 8.27. The van der Waals surface area contributed by atoms with E-state index in [9.17, 15) is 23.2 Å². The molecule has 0 spiro atoms. The molecule has 0 aliphatic heterocycles. The number of benzene rings is 1. The number of amides is 3. The molecule has 2 aromatic rings. The van der Waals surface area contributed by atoms with Gasteiger partial charge in [0.25, 0.3) is 5.91 Å². The molecule has 0 aliphatic carbocycles. The number of carbonyl (C=O) groups is 3. The monoisotopic (exact) mass is 462 g/mol. The summed E-state index contributed by atoms with van der Waals surface area (Å²) in [5.41, 5.74) is -0.170. The van der Waals surface area contributed by atoms with Crippen LogP contribution in [0, 0.1) is 11.6 Å². The summed E-state index contributed by atoms with van der Waals surface area (Å²) >= 11 is 0. The maximum Gasteiger partial charge on any atom is 0.410 e. The van der Waals surface area contributed by atoms with Crippen LogP contribution < -0.4 is 10.6 Å². The average Bonchev–Trinajstić information content (AvgIpc) is 2.73. The first-order valence-electron chi connectivity index (χ1n) is 10.4. The van der Waals surface area contributed by atoms with Crippen molar-refractivity contribution in [2.45, 2.75) is 39.3 Å². The Bertz CT molecular complexity index is 965. The van der Waals surface area contributed by atoms with Gasteiger partial charge in [0, 0.05) is 31.5 Å². The number of nitrogens with zero attached hydrogens (tertiary/aromatic N) is 2. The molecule has 0 radical (unpaired) electrons. The van der Waals surface area contributed by atoms with Crippen molar-refractivity contribution >= 4 is 17.9 Å². The molecule has 33 heavy (non-hydrogen) atoms. The van der Waals surface area contributed by atoms with Crippen molar-refractivity contribution in [2.24, 2.45) is 0 Å². The molecule has 0 aliphatic rings. The van der Waals surface area contributed by atoms with Crippen LogP contribution in [0.4, 0.5) is 13.6 Å². The summed E-state index contributed by atoms with van der Waals surface area (Å²) in [7, 11) is 0. The highest BCUT2D eigenvalue weighted by molar-refractivity contribution is 5.96. The van der Waals surface area contributed by atoms with Gasteiger partial charge in [-0.1, -0.05) is 6.07 Å². The fourth-order valence-corrected chi connectivity index (χ4v) is 2.76. The van der Waals surface area contributed by atoms with Crippen LogP contribution in [0.3, 0.4) is 0 Å². The van der Waals surface area contributed by atoms with Crippen LogP contribution in [0.25, 0.3) is 0 Å². The maximum absolute atomic E-state index is 13.6. The molecule has 2 N–H and O–H groups in total. The minimum absolute atomic E-state index is 0.242. The van der Waals surface area contributed by atoms with Crippen molar-refractivity contribution in [1.29, 1.82) is 0 Å². The standard InChI is InChI=1S/C23H28F2N4O4/c1-23(2,3)33-22(32)29(15-16-6-4-9-26-13-16)11-5-10-27-20(30)14-28-21(31)18-8-7-17(24)12-19(18)25/h4,6-9,12-13H,5,10-11,14-15H2,1-3H3,(H,27,30)(H,28,31). The van der Waals surface area contributed by atoms with Gasteiger partial charge in [0.1, 0.15) is 17.2 Å². The lowest BCUT2D eigenvalue weighted by molar-refractivity contribution is -0.120. The van der Waals surface area contributed by atoms with E-state index in [1.54, 1.807) is 39.2 Å². The molecule has 0 bridgehead atoms. The van der Waals surface area contributed by atoms with Gasteiger partial charge in [0.2, 0.25) is 5.91 Å². The third kappa shape index (κ3) is 9.22. The third-order valence-electron chi connectivity index (χ3n) is 4.26. The van der Waals surface area contributed by atoms with Gasteiger partial charge in [-0.2, -0.15) is 0 Å². The maximum atomic E-state index is 13.6. The lowest BCUT2D eigenvalue weighted by atomic mass is 10.2. The molecule has 3 amide bonds. The summed E-state index contributed by atoms with van der Waals surface area (Å²) < 4.78 is 32.0. The van der Waals surface area contributed by atoms with Crippen molar-refractivity contribution in [3.8, 4) is 0 Å². The van der Waals surface area contributed by atoms with E-state index in [0.717, 1.165) is 17.7 Å². The molecule has 1 aromatic carbocycles. The smallest absolute Gasteiger partial charge is 0.410 e. The van der Waals surface area contributed by atoms with Crippen molar-refractivity contribution in [1.82, 2.24) is 20.5 Å². The molecule has 178 valence electrons. The predicted molar refractivity (Wildman–Crippen MR) is 117 cm³/mol. The van der Waals surface area contributed by atoms with Crippen molar-refractivity contribution in [3.63, 3.8) is 0 Å². The first-order chi connectivity index (χ1) is 15.5. The van der Waals surface area contributed by atoms with Crippen LogP contribution in [-0.2, 0) is 16.1 Å². The van der Waals surface area contributed by atoms with E-state index >= 15 is 0 Å². The van der Waals surface area contributed by atoms with Crippen molar-refractivity contribution < 1.29 is 27.9 Å². The van der Waals surface area contributed by atoms with Gasteiger partial charge in [-0.3, -0.25) is 14.6 Å². The molecular weight excluding hydrogens is 434 g/mol. The summed E-state index contributed by atoms with van der Waals surface area (Å²) in [5.74, 6) is -3.12. The highest BCUT2D eigenvalue weighted by Gasteiger charge is 2.22. The van der Waals surface area contributed by atoms with Crippen LogP contribution in [-0.4, -0.2) is 53.0 Å². The van der Waals surface area contributed by atoms with Gasteiger partial charge in [0.15, 0.2) is 0 Å². The first kappa shape index (κ1) is 25.7. The first-order valence-corrected chi connectivity index (χ1v) is 10.4. The van der Waals surface area contributed by atoms with Gasteiger partial charge in [-0.05, 0) is 51.0 Å². The van der Waals surface area contributed by atoms with Crippen LogP contribution >= 0.6 is 0 Å². The minimum atomic E-state index is -1.01. The van der Waals surface area contributed by atoms with E-state index in [4.69, 9.17) is 4.74 Å². The molecular formula is C23H28F2N4O4. The van der Waals surface area contributed by atoms with Crippen molar-refractivity contribution in [2.75, 3.05) is 19.6 Å². The van der Waals surface area contributed by atoms with E-state index in [2.05, 4.69) is 15.6 Å². The number of halogens is 2. The Morgan fingerprint density at radius 1 is 1.12 bits per heavy atom. The van der Waals surface area contributed by atoms with E-state index in [1.807, 2.05) is 6.07 Å². The van der Waals surface area contributed by atoms with Gasteiger partial charge >= 0.3 is 6.09 Å². The van der Waals surface area contributed by atoms with Crippen LogP contribution in [0.5, 0.6) is 0 Å². The molecule has 0 unspecified atom stereocenters. The van der Waals surface area contributed by atoms with Crippen LogP contribution in [0.1, 0.15) is 43.1 Å². The van der Waals surface area contributed by atoms with E-state index in [1.165, 1.54) is 4.90 Å². The van der Waals surface area contributed by atoms with Crippen molar-refractivity contribution in [3.05, 3.63) is 65.5 Å².